The predicted molar refractivity (Wildman–Crippen MR) is 73.6 cm³/mol. The summed E-state index contributed by atoms with van der Waals surface area (Å²) in [5.41, 5.74) is -1.43. The van der Waals surface area contributed by atoms with Gasteiger partial charge in [-0.05, 0) is 47.5 Å². The van der Waals surface area contributed by atoms with Crippen molar-refractivity contribution in [3.05, 3.63) is 0 Å². The van der Waals surface area contributed by atoms with Crippen molar-refractivity contribution < 1.29 is 24.2 Å². The number of aliphatic carboxylic acids is 1. The van der Waals surface area contributed by atoms with E-state index in [0.29, 0.717) is 12.8 Å². The minimum atomic E-state index is -0.942. The highest BCUT2D eigenvalue weighted by Crippen LogP contribution is 2.32. The van der Waals surface area contributed by atoms with Crippen LogP contribution < -0.4 is 5.32 Å². The zero-order valence-corrected chi connectivity index (χ0v) is 12.9. The van der Waals surface area contributed by atoms with Crippen LogP contribution in [0.4, 0.5) is 4.79 Å². The Morgan fingerprint density at radius 3 is 2.20 bits per heavy atom. The first-order chi connectivity index (χ1) is 9.01. The summed E-state index contributed by atoms with van der Waals surface area (Å²) in [6.07, 6.45) is -0.00288. The molecule has 0 aromatic carbocycles. The van der Waals surface area contributed by atoms with Crippen molar-refractivity contribution in [2.75, 3.05) is 0 Å². The average Bonchev–Trinajstić information content (AvgIpc) is 2.08. The second-order valence-electron chi connectivity index (χ2n) is 6.64. The van der Waals surface area contributed by atoms with E-state index in [1.54, 1.807) is 20.8 Å². The second kappa shape index (κ2) is 5.99. The number of ether oxygens (including phenoxy) is 2. The Bertz CT molecular complexity index is 364. The van der Waals surface area contributed by atoms with E-state index in [1.807, 2.05) is 13.8 Å². The molecule has 20 heavy (non-hydrogen) atoms. The molecule has 6 heteroatoms. The van der Waals surface area contributed by atoms with Crippen LogP contribution in [0.1, 0.15) is 53.9 Å². The summed E-state index contributed by atoms with van der Waals surface area (Å²) in [5.74, 6) is -0.942. The monoisotopic (exact) mass is 287 g/mol. The molecular weight excluding hydrogens is 262 g/mol. The highest BCUT2D eigenvalue weighted by Gasteiger charge is 2.42. The smallest absolute Gasteiger partial charge is 0.408 e. The van der Waals surface area contributed by atoms with E-state index in [-0.39, 0.29) is 18.6 Å². The minimum Gasteiger partial charge on any atom is -0.481 e. The van der Waals surface area contributed by atoms with Gasteiger partial charge in [0.15, 0.2) is 0 Å². The van der Waals surface area contributed by atoms with Crippen LogP contribution in [-0.2, 0) is 14.3 Å². The van der Waals surface area contributed by atoms with Gasteiger partial charge in [0.1, 0.15) is 5.60 Å². The summed E-state index contributed by atoms with van der Waals surface area (Å²) < 4.78 is 10.9. The van der Waals surface area contributed by atoms with Crippen molar-refractivity contribution in [3.63, 3.8) is 0 Å². The molecule has 0 spiro atoms. The molecule has 1 rings (SSSR count). The molecule has 0 aliphatic carbocycles. The molecule has 2 N–H and O–H groups in total. The summed E-state index contributed by atoms with van der Waals surface area (Å²) in [5, 5.41) is 11.9. The molecule has 2 unspecified atom stereocenters. The lowest BCUT2D eigenvalue weighted by atomic mass is 9.81. The van der Waals surface area contributed by atoms with E-state index in [0.717, 1.165) is 0 Å². The molecular formula is C14H25NO5. The van der Waals surface area contributed by atoms with Crippen LogP contribution in [-0.4, -0.2) is 40.5 Å². The van der Waals surface area contributed by atoms with E-state index in [1.165, 1.54) is 0 Å². The van der Waals surface area contributed by atoms with Crippen LogP contribution >= 0.6 is 0 Å². The zero-order valence-electron chi connectivity index (χ0n) is 12.9. The van der Waals surface area contributed by atoms with Crippen molar-refractivity contribution in [2.45, 2.75) is 77.2 Å². The molecule has 0 bridgehead atoms. The molecule has 1 amide bonds. The predicted octanol–water partition coefficient (Wildman–Crippen LogP) is 2.31. The van der Waals surface area contributed by atoms with Gasteiger partial charge in [0, 0.05) is 0 Å². The van der Waals surface area contributed by atoms with Gasteiger partial charge in [-0.3, -0.25) is 4.79 Å². The molecule has 0 radical (unpaired) electrons. The first kappa shape index (κ1) is 16.8. The third-order valence-corrected chi connectivity index (χ3v) is 3.08. The number of amides is 1. The minimum absolute atomic E-state index is 0.104. The Labute approximate surface area is 119 Å². The number of carboxylic acids is 1. The molecule has 6 nitrogen and oxygen atoms in total. The van der Waals surface area contributed by atoms with Crippen LogP contribution in [0.3, 0.4) is 0 Å². The topological polar surface area (TPSA) is 84.9 Å². The maximum Gasteiger partial charge on any atom is 0.408 e. The van der Waals surface area contributed by atoms with Crippen molar-refractivity contribution in [3.8, 4) is 0 Å². The lowest BCUT2D eigenvalue weighted by molar-refractivity contribution is -0.141. The van der Waals surface area contributed by atoms with Gasteiger partial charge >= 0.3 is 12.1 Å². The lowest BCUT2D eigenvalue weighted by Gasteiger charge is -2.42. The summed E-state index contributed by atoms with van der Waals surface area (Å²) in [6, 6.07) is 0. The third-order valence-electron chi connectivity index (χ3n) is 3.08. The van der Waals surface area contributed by atoms with E-state index in [2.05, 4.69) is 5.32 Å². The van der Waals surface area contributed by atoms with E-state index in [4.69, 9.17) is 14.6 Å². The molecule has 1 aliphatic rings. The molecule has 1 saturated heterocycles. The number of hydrogen-bond donors (Lipinski definition) is 2. The van der Waals surface area contributed by atoms with Gasteiger partial charge in [0.05, 0.1) is 24.2 Å². The largest absolute Gasteiger partial charge is 0.481 e. The number of nitrogens with one attached hydrogen (secondary N) is 1. The van der Waals surface area contributed by atoms with Crippen LogP contribution in [0.2, 0.25) is 0 Å². The van der Waals surface area contributed by atoms with E-state index < -0.39 is 23.2 Å². The van der Waals surface area contributed by atoms with Crippen molar-refractivity contribution in [2.24, 2.45) is 0 Å². The number of rotatable bonds is 3. The molecule has 1 heterocycles. The molecule has 116 valence electrons. The Kier molecular flexibility index (Phi) is 5.02. The van der Waals surface area contributed by atoms with Crippen molar-refractivity contribution in [1.82, 2.24) is 5.32 Å². The molecule has 1 fully saturated rings. The van der Waals surface area contributed by atoms with E-state index >= 15 is 0 Å². The Morgan fingerprint density at radius 2 is 1.80 bits per heavy atom. The van der Waals surface area contributed by atoms with Crippen molar-refractivity contribution >= 4 is 12.1 Å². The number of hydrogen-bond acceptors (Lipinski definition) is 4. The Morgan fingerprint density at radius 1 is 1.30 bits per heavy atom. The fraction of sp³-hybridized carbons (Fsp3) is 0.857. The first-order valence-corrected chi connectivity index (χ1v) is 6.90. The summed E-state index contributed by atoms with van der Waals surface area (Å²) in [4.78, 5) is 23.1. The van der Waals surface area contributed by atoms with Gasteiger partial charge in [0.25, 0.3) is 0 Å². The fourth-order valence-electron chi connectivity index (χ4n) is 2.78. The lowest BCUT2D eigenvalue weighted by Crippen LogP contribution is -2.57. The molecule has 2 atom stereocenters. The number of carboxylic acid groups (broad SMARTS) is 1. The average molecular weight is 287 g/mol. The fourth-order valence-corrected chi connectivity index (χ4v) is 2.78. The van der Waals surface area contributed by atoms with Crippen molar-refractivity contribution in [1.29, 1.82) is 0 Å². The van der Waals surface area contributed by atoms with Crippen LogP contribution in [0.5, 0.6) is 0 Å². The molecule has 0 saturated carbocycles. The van der Waals surface area contributed by atoms with Gasteiger partial charge in [-0.1, -0.05) is 0 Å². The maximum atomic E-state index is 12.0. The van der Waals surface area contributed by atoms with Gasteiger partial charge < -0.3 is 19.9 Å². The molecule has 1 aliphatic heterocycles. The van der Waals surface area contributed by atoms with Crippen LogP contribution in [0.25, 0.3) is 0 Å². The molecule has 0 aromatic heterocycles. The standard InChI is InChI=1S/C14H25NO5/c1-9-6-14(8-11(16)17,7-10(2)19-9)15-12(18)20-13(3,4)5/h9-10H,6-8H2,1-5H3,(H,15,18)(H,16,17). The summed E-state index contributed by atoms with van der Waals surface area (Å²) in [6.45, 7) is 9.06. The summed E-state index contributed by atoms with van der Waals surface area (Å²) in [7, 11) is 0. The van der Waals surface area contributed by atoms with Crippen LogP contribution in [0, 0.1) is 0 Å². The third kappa shape index (κ3) is 5.36. The Balaban J connectivity index is 2.83. The normalized spacial score (nSPS) is 30.6. The second-order valence-corrected chi connectivity index (χ2v) is 6.64. The van der Waals surface area contributed by atoms with Gasteiger partial charge in [-0.15, -0.1) is 0 Å². The SMILES string of the molecule is CC1CC(CC(=O)O)(NC(=O)OC(C)(C)C)CC(C)O1. The number of carbonyl (C=O) groups excluding carboxylic acids is 1. The quantitative estimate of drug-likeness (QED) is 0.832. The first-order valence-electron chi connectivity index (χ1n) is 6.90. The molecule has 0 aromatic rings. The highest BCUT2D eigenvalue weighted by atomic mass is 16.6. The van der Waals surface area contributed by atoms with Crippen LogP contribution in [0.15, 0.2) is 0 Å². The van der Waals surface area contributed by atoms with Gasteiger partial charge in [-0.2, -0.15) is 0 Å². The summed E-state index contributed by atoms with van der Waals surface area (Å²) >= 11 is 0. The highest BCUT2D eigenvalue weighted by molar-refractivity contribution is 5.73. The number of carbonyl (C=O) groups is 2. The van der Waals surface area contributed by atoms with Gasteiger partial charge in [-0.25, -0.2) is 4.79 Å². The number of alkyl carbamates (subject to hydrolysis) is 1. The van der Waals surface area contributed by atoms with Gasteiger partial charge in [0.2, 0.25) is 0 Å². The maximum absolute atomic E-state index is 12.0. The van der Waals surface area contributed by atoms with E-state index in [9.17, 15) is 9.59 Å². The zero-order chi connectivity index (χ0) is 15.6. The Hall–Kier alpha value is -1.30.